The Kier molecular flexibility index (Phi) is 3.29. The summed E-state index contributed by atoms with van der Waals surface area (Å²) < 4.78 is 5.27. The Morgan fingerprint density at radius 1 is 1.11 bits per heavy atom. The van der Waals surface area contributed by atoms with Crippen LogP contribution in [0.3, 0.4) is 0 Å². The Bertz CT molecular complexity index is 386. The van der Waals surface area contributed by atoms with E-state index in [-0.39, 0.29) is 5.54 Å². The van der Waals surface area contributed by atoms with Crippen LogP contribution in [0.15, 0.2) is 24.3 Å². The molecule has 1 saturated heterocycles. The molecular formula is C16H23NO. The van der Waals surface area contributed by atoms with Crippen molar-refractivity contribution in [3.63, 3.8) is 0 Å². The fourth-order valence-electron chi connectivity index (χ4n) is 3.40. The predicted molar refractivity (Wildman–Crippen MR) is 73.9 cm³/mol. The minimum absolute atomic E-state index is 0.253. The molecular weight excluding hydrogens is 222 g/mol. The summed E-state index contributed by atoms with van der Waals surface area (Å²) >= 11 is 0. The molecule has 2 nitrogen and oxygen atoms in total. The van der Waals surface area contributed by atoms with Crippen molar-refractivity contribution in [1.29, 1.82) is 0 Å². The fourth-order valence-corrected chi connectivity index (χ4v) is 3.40. The van der Waals surface area contributed by atoms with Crippen LogP contribution in [0.1, 0.15) is 44.1 Å². The van der Waals surface area contributed by atoms with Crippen LogP contribution in [0, 0.1) is 5.92 Å². The highest BCUT2D eigenvalue weighted by Crippen LogP contribution is 2.49. The number of ether oxygens (including phenoxy) is 1. The van der Waals surface area contributed by atoms with Gasteiger partial charge in [0.25, 0.3) is 0 Å². The Balaban J connectivity index is 1.91. The topological polar surface area (TPSA) is 21.3 Å². The van der Waals surface area contributed by atoms with Crippen molar-refractivity contribution >= 4 is 0 Å². The maximum absolute atomic E-state index is 5.27. The van der Waals surface area contributed by atoms with Crippen molar-refractivity contribution in [3.8, 4) is 5.75 Å². The van der Waals surface area contributed by atoms with E-state index in [1.54, 1.807) is 7.11 Å². The predicted octanol–water partition coefficient (Wildman–Crippen LogP) is 3.46. The third kappa shape index (κ3) is 2.14. The number of hydrogen-bond donors (Lipinski definition) is 1. The molecule has 1 unspecified atom stereocenters. The van der Waals surface area contributed by atoms with Gasteiger partial charge in [0.1, 0.15) is 5.75 Å². The molecule has 2 aliphatic rings. The molecule has 18 heavy (non-hydrogen) atoms. The van der Waals surface area contributed by atoms with Crippen LogP contribution in [-0.2, 0) is 5.54 Å². The maximum Gasteiger partial charge on any atom is 0.118 e. The lowest BCUT2D eigenvalue weighted by molar-refractivity contribution is 0.278. The molecule has 1 heterocycles. The molecule has 3 rings (SSSR count). The zero-order valence-electron chi connectivity index (χ0n) is 11.2. The molecule has 1 aromatic carbocycles. The monoisotopic (exact) mass is 245 g/mol. The third-order valence-electron chi connectivity index (χ3n) is 4.57. The van der Waals surface area contributed by atoms with Crippen LogP contribution in [-0.4, -0.2) is 13.7 Å². The highest BCUT2D eigenvalue weighted by atomic mass is 16.5. The lowest BCUT2D eigenvalue weighted by Crippen LogP contribution is -2.43. The molecule has 98 valence electrons. The highest BCUT2D eigenvalue weighted by molar-refractivity contribution is 5.33. The highest BCUT2D eigenvalue weighted by Gasteiger charge is 2.45. The first-order chi connectivity index (χ1) is 8.85. The number of nitrogens with one attached hydrogen (secondary N) is 1. The first-order valence-electron chi connectivity index (χ1n) is 7.25. The summed E-state index contributed by atoms with van der Waals surface area (Å²) in [6.07, 6.45) is 8.12. The average molecular weight is 245 g/mol. The van der Waals surface area contributed by atoms with Crippen LogP contribution >= 0.6 is 0 Å². The van der Waals surface area contributed by atoms with E-state index in [0.717, 1.165) is 11.7 Å². The van der Waals surface area contributed by atoms with E-state index in [2.05, 4.69) is 29.6 Å². The van der Waals surface area contributed by atoms with Gasteiger partial charge in [-0.15, -0.1) is 0 Å². The summed E-state index contributed by atoms with van der Waals surface area (Å²) in [6, 6.07) is 8.73. The van der Waals surface area contributed by atoms with E-state index in [9.17, 15) is 0 Å². The van der Waals surface area contributed by atoms with Crippen LogP contribution < -0.4 is 10.1 Å². The van der Waals surface area contributed by atoms with Gasteiger partial charge >= 0.3 is 0 Å². The minimum Gasteiger partial charge on any atom is -0.497 e. The van der Waals surface area contributed by atoms with Crippen molar-refractivity contribution in [2.75, 3.05) is 13.7 Å². The Hall–Kier alpha value is -1.02. The average Bonchev–Trinajstić information content (AvgIpc) is 3.25. The van der Waals surface area contributed by atoms with Crippen molar-refractivity contribution in [3.05, 3.63) is 29.8 Å². The largest absolute Gasteiger partial charge is 0.497 e. The molecule has 1 aromatic rings. The molecule has 1 aliphatic carbocycles. The zero-order valence-corrected chi connectivity index (χ0v) is 11.2. The van der Waals surface area contributed by atoms with Gasteiger partial charge < -0.3 is 10.1 Å². The molecule has 0 bridgehead atoms. The first-order valence-corrected chi connectivity index (χ1v) is 7.25. The van der Waals surface area contributed by atoms with Gasteiger partial charge in [-0.2, -0.15) is 0 Å². The second-order valence-corrected chi connectivity index (χ2v) is 5.71. The van der Waals surface area contributed by atoms with Crippen molar-refractivity contribution < 1.29 is 4.74 Å². The van der Waals surface area contributed by atoms with E-state index < -0.39 is 0 Å². The smallest absolute Gasteiger partial charge is 0.118 e. The van der Waals surface area contributed by atoms with Gasteiger partial charge in [0.2, 0.25) is 0 Å². The van der Waals surface area contributed by atoms with E-state index >= 15 is 0 Å². The lowest BCUT2D eigenvalue weighted by Gasteiger charge is -2.35. The maximum atomic E-state index is 5.27. The number of rotatable bonds is 3. The number of benzene rings is 1. The van der Waals surface area contributed by atoms with E-state index in [4.69, 9.17) is 4.74 Å². The summed E-state index contributed by atoms with van der Waals surface area (Å²) in [5.41, 5.74) is 1.72. The molecule has 0 aromatic heterocycles. The first kappa shape index (κ1) is 12.0. The second kappa shape index (κ2) is 4.93. The van der Waals surface area contributed by atoms with E-state index in [0.29, 0.717) is 0 Å². The van der Waals surface area contributed by atoms with Gasteiger partial charge in [0, 0.05) is 5.54 Å². The van der Waals surface area contributed by atoms with Gasteiger partial charge in [-0.05, 0) is 55.8 Å². The molecule has 2 heteroatoms. The molecule has 0 amide bonds. The molecule has 2 fully saturated rings. The van der Waals surface area contributed by atoms with Gasteiger partial charge in [-0.3, -0.25) is 0 Å². The third-order valence-corrected chi connectivity index (χ3v) is 4.57. The quantitative estimate of drug-likeness (QED) is 0.880. The van der Waals surface area contributed by atoms with Crippen molar-refractivity contribution in [2.24, 2.45) is 5.92 Å². The Morgan fingerprint density at radius 2 is 1.89 bits per heavy atom. The van der Waals surface area contributed by atoms with Gasteiger partial charge in [0.05, 0.1) is 7.11 Å². The number of methoxy groups -OCH3 is 1. The molecule has 1 atom stereocenters. The lowest BCUT2D eigenvalue weighted by atomic mass is 9.81. The molecule has 1 aliphatic heterocycles. The second-order valence-electron chi connectivity index (χ2n) is 5.71. The standard InChI is InChI=1S/C16H23NO/c1-18-15-9-7-14(8-10-15)16(13-5-6-13)11-3-2-4-12-17-16/h7-10,13,17H,2-6,11-12H2,1H3. The summed E-state index contributed by atoms with van der Waals surface area (Å²) in [6.45, 7) is 1.17. The van der Waals surface area contributed by atoms with Crippen LogP contribution in [0.25, 0.3) is 0 Å². The Labute approximate surface area is 110 Å². The molecule has 0 radical (unpaired) electrons. The van der Waals surface area contributed by atoms with Gasteiger partial charge in [-0.25, -0.2) is 0 Å². The van der Waals surface area contributed by atoms with Crippen molar-refractivity contribution in [1.82, 2.24) is 5.32 Å². The zero-order chi connectivity index (χ0) is 12.4. The van der Waals surface area contributed by atoms with E-state index in [1.165, 1.54) is 50.6 Å². The summed E-state index contributed by atoms with van der Waals surface area (Å²) in [4.78, 5) is 0. The number of hydrogen-bond acceptors (Lipinski definition) is 2. The van der Waals surface area contributed by atoms with Crippen LogP contribution in [0.2, 0.25) is 0 Å². The van der Waals surface area contributed by atoms with Crippen LogP contribution in [0.5, 0.6) is 5.75 Å². The summed E-state index contributed by atoms with van der Waals surface area (Å²) in [5, 5.41) is 3.87. The normalized spacial score (nSPS) is 28.7. The Morgan fingerprint density at radius 3 is 2.56 bits per heavy atom. The summed E-state index contributed by atoms with van der Waals surface area (Å²) in [7, 11) is 1.73. The molecule has 1 saturated carbocycles. The SMILES string of the molecule is COc1ccc(C2(C3CC3)CCCCCN2)cc1. The van der Waals surface area contributed by atoms with Crippen molar-refractivity contribution in [2.45, 2.75) is 44.1 Å². The van der Waals surface area contributed by atoms with Crippen LogP contribution in [0.4, 0.5) is 0 Å². The van der Waals surface area contributed by atoms with Gasteiger partial charge in [-0.1, -0.05) is 25.0 Å². The fraction of sp³-hybridized carbons (Fsp3) is 0.625. The molecule has 0 spiro atoms. The van der Waals surface area contributed by atoms with E-state index in [1.807, 2.05) is 0 Å². The van der Waals surface area contributed by atoms with Gasteiger partial charge in [0.15, 0.2) is 0 Å². The minimum atomic E-state index is 0.253. The molecule has 1 N–H and O–H groups in total. The summed E-state index contributed by atoms with van der Waals surface area (Å²) in [5.74, 6) is 1.81.